The Bertz CT molecular complexity index is 590. The summed E-state index contributed by atoms with van der Waals surface area (Å²) in [5.41, 5.74) is 5.74. The number of hydrogen-bond donors (Lipinski definition) is 2. The Morgan fingerprint density at radius 1 is 1.53 bits per heavy atom. The SMILES string of the molecule is CC(CO)N(C)S(=O)(=O)c1cncc(C#CCN)c1. The van der Waals surface area contributed by atoms with Crippen molar-refractivity contribution in [3.05, 3.63) is 24.0 Å². The first-order valence-corrected chi connectivity index (χ1v) is 7.10. The molecule has 1 aromatic heterocycles. The molecule has 0 saturated carbocycles. The van der Waals surface area contributed by atoms with Gasteiger partial charge in [-0.15, -0.1) is 0 Å². The van der Waals surface area contributed by atoms with Crippen molar-refractivity contribution in [1.82, 2.24) is 9.29 Å². The van der Waals surface area contributed by atoms with Gasteiger partial charge in [0, 0.05) is 31.0 Å². The molecule has 19 heavy (non-hydrogen) atoms. The molecule has 0 aliphatic carbocycles. The first-order chi connectivity index (χ1) is 8.93. The van der Waals surface area contributed by atoms with Crippen LogP contribution in [0.2, 0.25) is 0 Å². The molecule has 1 aromatic rings. The Kier molecular flexibility index (Phi) is 5.44. The normalized spacial score (nSPS) is 12.9. The second-order valence-electron chi connectivity index (χ2n) is 3.97. The Balaban J connectivity index is 3.15. The van der Waals surface area contributed by atoms with Crippen LogP contribution in [-0.4, -0.2) is 49.1 Å². The van der Waals surface area contributed by atoms with E-state index in [4.69, 9.17) is 10.8 Å². The third-order valence-electron chi connectivity index (χ3n) is 2.61. The molecule has 0 aromatic carbocycles. The highest BCUT2D eigenvalue weighted by Crippen LogP contribution is 2.16. The quantitative estimate of drug-likeness (QED) is 0.719. The Hall–Kier alpha value is -1.46. The molecule has 3 N–H and O–H groups in total. The topological polar surface area (TPSA) is 96.5 Å². The smallest absolute Gasteiger partial charge is 0.244 e. The van der Waals surface area contributed by atoms with Crippen molar-refractivity contribution in [3.8, 4) is 11.8 Å². The van der Waals surface area contributed by atoms with Gasteiger partial charge in [-0.3, -0.25) is 4.98 Å². The summed E-state index contributed by atoms with van der Waals surface area (Å²) < 4.78 is 25.6. The number of hydrogen-bond acceptors (Lipinski definition) is 5. The van der Waals surface area contributed by atoms with E-state index < -0.39 is 16.1 Å². The molecule has 0 radical (unpaired) electrons. The number of sulfonamides is 1. The van der Waals surface area contributed by atoms with Gasteiger partial charge in [0.05, 0.1) is 13.2 Å². The summed E-state index contributed by atoms with van der Waals surface area (Å²) >= 11 is 0. The van der Waals surface area contributed by atoms with Crippen molar-refractivity contribution >= 4 is 10.0 Å². The van der Waals surface area contributed by atoms with Crippen LogP contribution in [-0.2, 0) is 10.0 Å². The lowest BCUT2D eigenvalue weighted by molar-refractivity contribution is 0.214. The fourth-order valence-corrected chi connectivity index (χ4v) is 2.64. The van der Waals surface area contributed by atoms with Crippen LogP contribution < -0.4 is 5.73 Å². The molecule has 6 nitrogen and oxygen atoms in total. The average molecular weight is 283 g/mol. The van der Waals surface area contributed by atoms with Gasteiger partial charge in [-0.2, -0.15) is 4.31 Å². The molecule has 0 spiro atoms. The molecule has 0 bridgehead atoms. The van der Waals surface area contributed by atoms with Crippen molar-refractivity contribution in [2.45, 2.75) is 17.9 Å². The van der Waals surface area contributed by atoms with Crippen molar-refractivity contribution < 1.29 is 13.5 Å². The maximum Gasteiger partial charge on any atom is 0.244 e. The van der Waals surface area contributed by atoms with Gasteiger partial charge in [-0.25, -0.2) is 8.42 Å². The summed E-state index contributed by atoms with van der Waals surface area (Å²) in [7, 11) is -2.27. The molecule has 7 heteroatoms. The minimum Gasteiger partial charge on any atom is -0.395 e. The van der Waals surface area contributed by atoms with Crippen LogP contribution in [0.25, 0.3) is 0 Å². The zero-order valence-electron chi connectivity index (χ0n) is 10.9. The van der Waals surface area contributed by atoms with Crippen LogP contribution in [0.1, 0.15) is 12.5 Å². The highest BCUT2D eigenvalue weighted by molar-refractivity contribution is 7.89. The predicted molar refractivity (Wildman–Crippen MR) is 71.7 cm³/mol. The van der Waals surface area contributed by atoms with E-state index >= 15 is 0 Å². The number of nitrogens with zero attached hydrogens (tertiary/aromatic N) is 2. The number of aliphatic hydroxyl groups is 1. The molecule has 1 atom stereocenters. The third-order valence-corrected chi connectivity index (χ3v) is 4.55. The van der Waals surface area contributed by atoms with E-state index in [1.807, 2.05) is 0 Å². The maximum atomic E-state index is 12.3. The predicted octanol–water partition coefficient (Wildman–Crippen LogP) is -0.607. The van der Waals surface area contributed by atoms with E-state index in [1.165, 1.54) is 25.5 Å². The lowest BCUT2D eigenvalue weighted by Crippen LogP contribution is -2.37. The molecular formula is C12H17N3O3S. The van der Waals surface area contributed by atoms with Crippen LogP contribution in [0.3, 0.4) is 0 Å². The Labute approximate surface area is 113 Å². The molecule has 1 unspecified atom stereocenters. The van der Waals surface area contributed by atoms with E-state index in [0.29, 0.717) is 5.56 Å². The van der Waals surface area contributed by atoms with Crippen LogP contribution in [0.15, 0.2) is 23.4 Å². The first kappa shape index (κ1) is 15.6. The van der Waals surface area contributed by atoms with Crippen molar-refractivity contribution in [2.24, 2.45) is 5.73 Å². The lowest BCUT2D eigenvalue weighted by Gasteiger charge is -2.22. The maximum absolute atomic E-state index is 12.3. The molecular weight excluding hydrogens is 266 g/mol. The molecule has 0 aliphatic rings. The summed E-state index contributed by atoms with van der Waals surface area (Å²) in [4.78, 5) is 3.90. The van der Waals surface area contributed by atoms with Crippen LogP contribution in [0.5, 0.6) is 0 Å². The van der Waals surface area contributed by atoms with Crippen LogP contribution in [0.4, 0.5) is 0 Å². The molecule has 0 fully saturated rings. The van der Waals surface area contributed by atoms with E-state index in [1.54, 1.807) is 6.92 Å². The Morgan fingerprint density at radius 3 is 2.79 bits per heavy atom. The van der Waals surface area contributed by atoms with Gasteiger partial charge < -0.3 is 10.8 Å². The highest BCUT2D eigenvalue weighted by atomic mass is 32.2. The molecule has 1 heterocycles. The standard InChI is InChI=1S/C12H17N3O3S/c1-10(9-16)15(2)19(17,18)12-6-11(4-3-5-13)7-14-8-12/h6-8,10,16H,5,9,13H2,1-2H3. The second kappa shape index (κ2) is 6.63. The summed E-state index contributed by atoms with van der Waals surface area (Å²) in [6.07, 6.45) is 2.72. The van der Waals surface area contributed by atoms with Gasteiger partial charge in [0.15, 0.2) is 0 Å². The van der Waals surface area contributed by atoms with Gasteiger partial charge >= 0.3 is 0 Å². The lowest BCUT2D eigenvalue weighted by atomic mass is 10.3. The number of aliphatic hydroxyl groups excluding tert-OH is 1. The van der Waals surface area contributed by atoms with E-state index in [9.17, 15) is 8.42 Å². The summed E-state index contributed by atoms with van der Waals surface area (Å²) in [5, 5.41) is 9.03. The van der Waals surface area contributed by atoms with Crippen molar-refractivity contribution in [1.29, 1.82) is 0 Å². The minimum absolute atomic E-state index is 0.0409. The molecule has 1 rings (SSSR count). The Morgan fingerprint density at radius 2 is 2.21 bits per heavy atom. The average Bonchev–Trinajstić information content (AvgIpc) is 2.43. The van der Waals surface area contributed by atoms with Gasteiger partial charge in [-0.05, 0) is 13.0 Å². The van der Waals surface area contributed by atoms with Gasteiger partial charge in [0.1, 0.15) is 4.90 Å². The number of likely N-dealkylation sites (N-methyl/N-ethyl adjacent to an activating group) is 1. The van der Waals surface area contributed by atoms with E-state index in [2.05, 4.69) is 16.8 Å². The summed E-state index contributed by atoms with van der Waals surface area (Å²) in [5.74, 6) is 5.36. The number of rotatable bonds is 4. The van der Waals surface area contributed by atoms with Crippen LogP contribution >= 0.6 is 0 Å². The van der Waals surface area contributed by atoms with Gasteiger partial charge in [0.25, 0.3) is 0 Å². The number of nitrogens with two attached hydrogens (primary N) is 1. The van der Waals surface area contributed by atoms with Crippen LogP contribution in [0, 0.1) is 11.8 Å². The third kappa shape index (κ3) is 3.75. The van der Waals surface area contributed by atoms with E-state index in [-0.39, 0.29) is 18.0 Å². The second-order valence-corrected chi connectivity index (χ2v) is 5.97. The molecule has 0 amide bonds. The first-order valence-electron chi connectivity index (χ1n) is 5.66. The monoisotopic (exact) mass is 283 g/mol. The molecule has 104 valence electrons. The summed E-state index contributed by atoms with van der Waals surface area (Å²) in [6, 6.07) is 0.926. The molecule has 0 aliphatic heterocycles. The summed E-state index contributed by atoms with van der Waals surface area (Å²) in [6.45, 7) is 1.55. The zero-order chi connectivity index (χ0) is 14.5. The van der Waals surface area contributed by atoms with Gasteiger partial charge in [-0.1, -0.05) is 11.8 Å². The molecule has 0 saturated heterocycles. The van der Waals surface area contributed by atoms with Crippen molar-refractivity contribution in [3.63, 3.8) is 0 Å². The fraction of sp³-hybridized carbons (Fsp3) is 0.417. The largest absolute Gasteiger partial charge is 0.395 e. The van der Waals surface area contributed by atoms with Crippen molar-refractivity contribution in [2.75, 3.05) is 20.2 Å². The van der Waals surface area contributed by atoms with E-state index in [0.717, 1.165) is 4.31 Å². The zero-order valence-corrected chi connectivity index (χ0v) is 11.7. The highest BCUT2D eigenvalue weighted by Gasteiger charge is 2.25. The fourth-order valence-electron chi connectivity index (χ4n) is 1.30. The minimum atomic E-state index is -3.69. The number of pyridine rings is 1. The van der Waals surface area contributed by atoms with Gasteiger partial charge in [0.2, 0.25) is 10.0 Å². The number of aromatic nitrogens is 1.